The average molecular weight is 326 g/mol. The minimum Gasteiger partial charge on any atom is -0.491 e. The van der Waals surface area contributed by atoms with E-state index < -0.39 is 15.9 Å². The summed E-state index contributed by atoms with van der Waals surface area (Å²) in [5.74, 6) is 0.294. The number of hydrogen-bond acceptors (Lipinski definition) is 4. The Kier molecular flexibility index (Phi) is 6.58. The first-order valence-corrected chi connectivity index (χ1v) is 8.69. The smallest absolute Gasteiger partial charge is 0.239 e. The molecule has 6 nitrogen and oxygen atoms in total. The van der Waals surface area contributed by atoms with Gasteiger partial charge in [-0.1, -0.05) is 6.08 Å². The van der Waals surface area contributed by atoms with Crippen LogP contribution in [0.25, 0.3) is 0 Å². The highest BCUT2D eigenvalue weighted by Gasteiger charge is 2.18. The summed E-state index contributed by atoms with van der Waals surface area (Å²) in [6, 6.07) is 6.89. The predicted molar refractivity (Wildman–Crippen MR) is 87.4 cm³/mol. The predicted octanol–water partition coefficient (Wildman–Crippen LogP) is 1.86. The molecule has 1 amide bonds. The third-order valence-electron chi connectivity index (χ3n) is 2.63. The van der Waals surface area contributed by atoms with Crippen LogP contribution in [-0.4, -0.2) is 44.1 Å². The van der Waals surface area contributed by atoms with Gasteiger partial charge in [-0.05, 0) is 38.1 Å². The summed E-state index contributed by atoms with van der Waals surface area (Å²) in [6.07, 6.45) is 2.57. The summed E-state index contributed by atoms with van der Waals surface area (Å²) in [4.78, 5) is 11.9. The molecule has 0 fully saturated rings. The zero-order valence-corrected chi connectivity index (χ0v) is 13.9. The number of anilines is 1. The highest BCUT2D eigenvalue weighted by Crippen LogP contribution is 2.17. The third-order valence-corrected chi connectivity index (χ3v) is 3.85. The first-order valence-electron chi connectivity index (χ1n) is 6.85. The lowest BCUT2D eigenvalue weighted by Crippen LogP contribution is -2.37. The molecule has 1 aromatic rings. The molecule has 0 bridgehead atoms. The second-order valence-electron chi connectivity index (χ2n) is 5.08. The zero-order valence-electron chi connectivity index (χ0n) is 13.1. The van der Waals surface area contributed by atoms with Gasteiger partial charge < -0.3 is 10.1 Å². The number of hydrogen-bond donors (Lipinski definition) is 1. The molecule has 22 heavy (non-hydrogen) atoms. The molecular weight excluding hydrogens is 304 g/mol. The van der Waals surface area contributed by atoms with Crippen LogP contribution < -0.4 is 10.1 Å². The van der Waals surface area contributed by atoms with Crippen LogP contribution in [0.4, 0.5) is 5.69 Å². The van der Waals surface area contributed by atoms with E-state index in [4.69, 9.17) is 4.74 Å². The molecule has 0 heterocycles. The monoisotopic (exact) mass is 326 g/mol. The summed E-state index contributed by atoms with van der Waals surface area (Å²) in [6.45, 7) is 7.17. The lowest BCUT2D eigenvalue weighted by Gasteiger charge is -2.17. The number of rotatable bonds is 8. The number of ether oxygens (including phenoxy) is 1. The van der Waals surface area contributed by atoms with E-state index in [0.717, 1.165) is 10.6 Å². The maximum absolute atomic E-state index is 11.9. The summed E-state index contributed by atoms with van der Waals surface area (Å²) >= 11 is 0. The summed E-state index contributed by atoms with van der Waals surface area (Å²) in [5.41, 5.74) is 0.577. The van der Waals surface area contributed by atoms with Crippen LogP contribution in [0, 0.1) is 0 Å². The Morgan fingerprint density at radius 1 is 1.36 bits per heavy atom. The van der Waals surface area contributed by atoms with Crippen molar-refractivity contribution in [2.75, 3.05) is 24.7 Å². The summed E-state index contributed by atoms with van der Waals surface area (Å²) in [7, 11) is -3.45. The maximum atomic E-state index is 11.9. The lowest BCUT2D eigenvalue weighted by atomic mass is 10.3. The lowest BCUT2D eigenvalue weighted by molar-refractivity contribution is -0.116. The molecule has 1 N–H and O–H groups in total. The molecule has 0 spiro atoms. The molecule has 0 atom stereocenters. The fourth-order valence-electron chi connectivity index (χ4n) is 1.71. The van der Waals surface area contributed by atoms with Crippen molar-refractivity contribution < 1.29 is 17.9 Å². The number of nitrogens with one attached hydrogen (secondary N) is 1. The van der Waals surface area contributed by atoms with Crippen LogP contribution in [0.2, 0.25) is 0 Å². The molecular formula is C15H22N2O4S. The van der Waals surface area contributed by atoms with Crippen molar-refractivity contribution in [3.05, 3.63) is 36.9 Å². The Hall–Kier alpha value is -1.86. The van der Waals surface area contributed by atoms with Gasteiger partial charge in [-0.2, -0.15) is 4.31 Å². The average Bonchev–Trinajstić information content (AvgIpc) is 2.39. The van der Waals surface area contributed by atoms with E-state index >= 15 is 0 Å². The van der Waals surface area contributed by atoms with Crippen molar-refractivity contribution in [3.8, 4) is 5.75 Å². The number of benzene rings is 1. The fraction of sp³-hybridized carbons (Fsp3) is 0.400. The van der Waals surface area contributed by atoms with Crippen molar-refractivity contribution in [2.24, 2.45) is 0 Å². The van der Waals surface area contributed by atoms with E-state index in [9.17, 15) is 13.2 Å². The van der Waals surface area contributed by atoms with Gasteiger partial charge in [0.15, 0.2) is 0 Å². The second-order valence-corrected chi connectivity index (χ2v) is 7.07. The van der Waals surface area contributed by atoms with Gasteiger partial charge in [0.05, 0.1) is 18.9 Å². The Balaban J connectivity index is 2.66. The summed E-state index contributed by atoms with van der Waals surface area (Å²) in [5, 5.41) is 2.65. The van der Waals surface area contributed by atoms with Crippen molar-refractivity contribution in [2.45, 2.75) is 20.0 Å². The van der Waals surface area contributed by atoms with Gasteiger partial charge in [-0.25, -0.2) is 8.42 Å². The molecule has 0 aliphatic carbocycles. The molecule has 1 aromatic carbocycles. The molecule has 0 aliphatic heterocycles. The van der Waals surface area contributed by atoms with Gasteiger partial charge in [-0.15, -0.1) is 6.58 Å². The van der Waals surface area contributed by atoms with E-state index in [1.165, 1.54) is 6.08 Å². The van der Waals surface area contributed by atoms with E-state index in [0.29, 0.717) is 11.4 Å². The Labute approximate surface area is 131 Å². The van der Waals surface area contributed by atoms with Crippen LogP contribution in [0.5, 0.6) is 5.75 Å². The minimum atomic E-state index is -3.45. The van der Waals surface area contributed by atoms with Crippen molar-refractivity contribution in [1.82, 2.24) is 4.31 Å². The van der Waals surface area contributed by atoms with Gasteiger partial charge in [0, 0.05) is 12.2 Å². The topological polar surface area (TPSA) is 75.7 Å². The van der Waals surface area contributed by atoms with Crippen molar-refractivity contribution in [1.29, 1.82) is 0 Å². The summed E-state index contributed by atoms with van der Waals surface area (Å²) < 4.78 is 29.6. The molecule has 0 saturated carbocycles. The Morgan fingerprint density at radius 2 is 1.95 bits per heavy atom. The fourth-order valence-corrected chi connectivity index (χ4v) is 2.44. The standard InChI is InChI=1S/C15H22N2O4S/c1-5-10-17(22(4,19)20)11-15(18)16-13-6-8-14(9-7-13)21-12(2)3/h5-9,12H,1,10-11H2,2-4H3,(H,16,18). The first kappa shape index (κ1) is 18.2. The van der Waals surface area contributed by atoms with Crippen LogP contribution in [0.15, 0.2) is 36.9 Å². The van der Waals surface area contributed by atoms with Crippen LogP contribution in [0.1, 0.15) is 13.8 Å². The molecule has 122 valence electrons. The first-order chi connectivity index (χ1) is 10.2. The van der Waals surface area contributed by atoms with Gasteiger partial charge in [0.1, 0.15) is 5.75 Å². The molecule has 0 saturated heterocycles. The van der Waals surface area contributed by atoms with E-state index in [2.05, 4.69) is 11.9 Å². The van der Waals surface area contributed by atoms with Crippen LogP contribution in [-0.2, 0) is 14.8 Å². The largest absolute Gasteiger partial charge is 0.491 e. The highest BCUT2D eigenvalue weighted by molar-refractivity contribution is 7.88. The van der Waals surface area contributed by atoms with Crippen molar-refractivity contribution >= 4 is 21.6 Å². The number of carbonyl (C=O) groups is 1. The van der Waals surface area contributed by atoms with Crippen molar-refractivity contribution in [3.63, 3.8) is 0 Å². The molecule has 7 heteroatoms. The zero-order chi connectivity index (χ0) is 16.8. The number of nitrogens with zero attached hydrogens (tertiary/aromatic N) is 1. The molecule has 1 rings (SSSR count). The van der Waals surface area contributed by atoms with Gasteiger partial charge >= 0.3 is 0 Å². The van der Waals surface area contributed by atoms with Gasteiger partial charge in [0.25, 0.3) is 0 Å². The highest BCUT2D eigenvalue weighted by atomic mass is 32.2. The SMILES string of the molecule is C=CCN(CC(=O)Nc1ccc(OC(C)C)cc1)S(C)(=O)=O. The Bertz CT molecular complexity index is 609. The molecule has 0 radical (unpaired) electrons. The molecule has 0 aliphatic rings. The number of sulfonamides is 1. The van der Waals surface area contributed by atoms with Crippen LogP contribution >= 0.6 is 0 Å². The van der Waals surface area contributed by atoms with E-state index in [-0.39, 0.29) is 19.2 Å². The quantitative estimate of drug-likeness (QED) is 0.740. The number of amides is 1. The molecule has 0 aromatic heterocycles. The van der Waals surface area contributed by atoms with Crippen LogP contribution in [0.3, 0.4) is 0 Å². The van der Waals surface area contributed by atoms with Gasteiger partial charge in [-0.3, -0.25) is 4.79 Å². The van der Waals surface area contributed by atoms with Gasteiger partial charge in [0.2, 0.25) is 15.9 Å². The normalized spacial score (nSPS) is 11.5. The maximum Gasteiger partial charge on any atom is 0.239 e. The van der Waals surface area contributed by atoms with E-state index in [1.54, 1.807) is 24.3 Å². The second kappa shape index (κ2) is 7.95. The molecule has 0 unspecified atom stereocenters. The minimum absolute atomic E-state index is 0.0719. The Morgan fingerprint density at radius 3 is 2.41 bits per heavy atom. The van der Waals surface area contributed by atoms with E-state index in [1.807, 2.05) is 13.8 Å². The number of carbonyl (C=O) groups excluding carboxylic acids is 1. The third kappa shape index (κ3) is 6.28.